The summed E-state index contributed by atoms with van der Waals surface area (Å²) in [5.74, 6) is 2.49. The number of aliphatic hydroxyl groups excluding tert-OH is 1. The Balaban J connectivity index is 1.60. The van der Waals surface area contributed by atoms with E-state index >= 15 is 0 Å². The second-order valence-electron chi connectivity index (χ2n) is 9.02. The van der Waals surface area contributed by atoms with Gasteiger partial charge in [-0.1, -0.05) is 38.5 Å². The number of imidazole rings is 1. The van der Waals surface area contributed by atoms with Gasteiger partial charge < -0.3 is 24.9 Å². The van der Waals surface area contributed by atoms with Crippen molar-refractivity contribution in [3.63, 3.8) is 0 Å². The molecule has 2 atom stereocenters. The van der Waals surface area contributed by atoms with E-state index in [1.807, 2.05) is 0 Å². The van der Waals surface area contributed by atoms with Crippen LogP contribution >= 0.6 is 0 Å². The number of hydrogen-bond acceptors (Lipinski definition) is 8. The number of rotatable bonds is 11. The van der Waals surface area contributed by atoms with Gasteiger partial charge >= 0.3 is 12.0 Å². The number of anilines is 1. The molecule has 186 valence electrons. The van der Waals surface area contributed by atoms with Crippen LogP contribution in [0.4, 0.5) is 10.2 Å². The molecule has 0 spiro atoms. The van der Waals surface area contributed by atoms with Crippen LogP contribution in [0, 0.1) is 30.3 Å². The van der Waals surface area contributed by atoms with Gasteiger partial charge in [0.25, 0.3) is 0 Å². The third-order valence-electron chi connectivity index (χ3n) is 6.80. The molecule has 0 bridgehead atoms. The first-order chi connectivity index (χ1) is 16.3. The van der Waals surface area contributed by atoms with Crippen molar-refractivity contribution in [3.05, 3.63) is 12.4 Å². The van der Waals surface area contributed by atoms with Gasteiger partial charge in [0.05, 0.1) is 18.8 Å². The Morgan fingerprint density at radius 3 is 2.76 bits per heavy atom. The van der Waals surface area contributed by atoms with Crippen LogP contribution in [0.15, 0.2) is 6.33 Å². The normalized spacial score (nSPS) is 21.0. The number of ether oxygens (including phenoxy) is 2. The molecular weight excluding hydrogens is 441 g/mol. The number of aromatic nitrogens is 4. The SMILES string of the molecule is C#CC(COC(=O)C1CCC(CCCCC)CC1)(OC)[C@@H](O)Cn1cnc2c(N)nc(F)nc21. The Hall–Kier alpha value is -2.77. The number of carbonyl (C=O) groups excluding carboxylic acids is 1. The zero-order valence-electron chi connectivity index (χ0n) is 19.9. The van der Waals surface area contributed by atoms with Gasteiger partial charge in [0.2, 0.25) is 0 Å². The van der Waals surface area contributed by atoms with E-state index in [-0.39, 0.29) is 42.0 Å². The molecule has 2 aromatic rings. The van der Waals surface area contributed by atoms with Crippen molar-refractivity contribution < 1.29 is 23.8 Å². The highest BCUT2D eigenvalue weighted by atomic mass is 19.1. The molecule has 1 aliphatic rings. The summed E-state index contributed by atoms with van der Waals surface area (Å²) in [6.07, 6.45) is 13.3. The van der Waals surface area contributed by atoms with E-state index < -0.39 is 17.8 Å². The molecule has 0 aromatic carbocycles. The standard InChI is InChI=1S/C24H34FN5O4/c1-4-6-7-8-16-9-11-17(12-10-16)22(32)34-14-24(5-2,33-3)18(31)13-30-15-27-19-20(26)28-23(25)29-21(19)30/h2,15-18,31H,4,6-14H2,1,3H3,(H2,26,28,29)/t16?,17?,18-,24?/m0/s1. The zero-order chi connectivity index (χ0) is 24.7. The van der Waals surface area contributed by atoms with Gasteiger partial charge in [0, 0.05) is 7.11 Å². The maximum absolute atomic E-state index is 13.6. The summed E-state index contributed by atoms with van der Waals surface area (Å²) < 4.78 is 26.0. The molecule has 2 heterocycles. The third kappa shape index (κ3) is 5.83. The van der Waals surface area contributed by atoms with Crippen LogP contribution in [-0.2, 0) is 20.8 Å². The van der Waals surface area contributed by atoms with Gasteiger partial charge in [-0.25, -0.2) is 4.98 Å². The maximum Gasteiger partial charge on any atom is 0.312 e. The highest BCUT2D eigenvalue weighted by Crippen LogP contribution is 2.33. The number of aliphatic hydroxyl groups is 1. The van der Waals surface area contributed by atoms with E-state index in [1.165, 1.54) is 43.7 Å². The molecule has 3 rings (SSSR count). The molecule has 0 saturated heterocycles. The second kappa shape index (κ2) is 11.6. The first-order valence-electron chi connectivity index (χ1n) is 11.8. The fourth-order valence-corrected chi connectivity index (χ4v) is 4.56. The first kappa shape index (κ1) is 25.8. The van der Waals surface area contributed by atoms with Gasteiger partial charge in [-0.3, -0.25) is 4.79 Å². The molecule has 10 heteroatoms. The van der Waals surface area contributed by atoms with Crippen molar-refractivity contribution in [2.75, 3.05) is 19.5 Å². The number of nitrogens with two attached hydrogens (primary N) is 1. The van der Waals surface area contributed by atoms with Crippen LogP contribution in [0.1, 0.15) is 58.3 Å². The largest absolute Gasteiger partial charge is 0.461 e. The van der Waals surface area contributed by atoms with Crippen LogP contribution < -0.4 is 5.73 Å². The van der Waals surface area contributed by atoms with Gasteiger partial charge in [-0.2, -0.15) is 14.4 Å². The van der Waals surface area contributed by atoms with Gasteiger partial charge in [0.1, 0.15) is 18.2 Å². The summed E-state index contributed by atoms with van der Waals surface area (Å²) in [4.78, 5) is 23.9. The minimum absolute atomic E-state index is 0.110. The van der Waals surface area contributed by atoms with E-state index in [9.17, 15) is 14.3 Å². The number of nitrogen functional groups attached to an aromatic ring is 1. The number of halogens is 1. The molecule has 1 saturated carbocycles. The Morgan fingerprint density at radius 1 is 1.38 bits per heavy atom. The quantitative estimate of drug-likeness (QED) is 0.220. The van der Waals surface area contributed by atoms with Gasteiger partial charge in [-0.05, 0) is 31.6 Å². The molecule has 1 aliphatic carbocycles. The summed E-state index contributed by atoms with van der Waals surface area (Å²) in [5.41, 5.74) is 4.40. The average Bonchev–Trinajstić information content (AvgIpc) is 3.23. The predicted molar refractivity (Wildman–Crippen MR) is 125 cm³/mol. The Kier molecular flexibility index (Phi) is 8.80. The van der Waals surface area contributed by atoms with Crippen LogP contribution in [0.25, 0.3) is 11.2 Å². The molecule has 3 N–H and O–H groups in total. The minimum Gasteiger partial charge on any atom is -0.461 e. The van der Waals surface area contributed by atoms with E-state index in [0.29, 0.717) is 5.92 Å². The van der Waals surface area contributed by atoms with Crippen molar-refractivity contribution in [1.82, 2.24) is 19.5 Å². The van der Waals surface area contributed by atoms with Crippen molar-refractivity contribution >= 4 is 23.0 Å². The number of esters is 1. The third-order valence-corrected chi connectivity index (χ3v) is 6.80. The molecule has 9 nitrogen and oxygen atoms in total. The fourth-order valence-electron chi connectivity index (χ4n) is 4.56. The second-order valence-corrected chi connectivity index (χ2v) is 9.02. The zero-order valence-corrected chi connectivity index (χ0v) is 19.9. The maximum atomic E-state index is 13.6. The average molecular weight is 476 g/mol. The number of carbonyl (C=O) groups is 1. The summed E-state index contributed by atoms with van der Waals surface area (Å²) in [6, 6.07) is 0. The lowest BCUT2D eigenvalue weighted by Gasteiger charge is -2.33. The number of fused-ring (bicyclic) bond motifs is 1. The van der Waals surface area contributed by atoms with Crippen molar-refractivity contribution in [2.24, 2.45) is 11.8 Å². The van der Waals surface area contributed by atoms with Gasteiger partial charge in [-0.15, -0.1) is 6.42 Å². The van der Waals surface area contributed by atoms with Crippen LogP contribution in [-0.4, -0.2) is 56.0 Å². The molecule has 1 unspecified atom stereocenters. The van der Waals surface area contributed by atoms with Crippen LogP contribution in [0.3, 0.4) is 0 Å². The van der Waals surface area contributed by atoms with E-state index in [0.717, 1.165) is 25.7 Å². The fraction of sp³-hybridized carbons (Fsp3) is 0.667. The number of unbranched alkanes of at least 4 members (excludes halogenated alkanes) is 2. The molecule has 0 aliphatic heterocycles. The van der Waals surface area contributed by atoms with Crippen LogP contribution in [0.2, 0.25) is 0 Å². The van der Waals surface area contributed by atoms with Gasteiger partial charge in [0.15, 0.2) is 17.1 Å². The molecule has 34 heavy (non-hydrogen) atoms. The molecule has 0 radical (unpaired) electrons. The minimum atomic E-state index is -1.60. The topological polar surface area (TPSA) is 125 Å². The summed E-state index contributed by atoms with van der Waals surface area (Å²) >= 11 is 0. The molecular formula is C24H34FN5O4. The van der Waals surface area contributed by atoms with Crippen LogP contribution in [0.5, 0.6) is 0 Å². The Morgan fingerprint density at radius 2 is 2.12 bits per heavy atom. The lowest BCUT2D eigenvalue weighted by Crippen LogP contribution is -2.49. The summed E-state index contributed by atoms with van der Waals surface area (Å²) in [6.45, 7) is 1.75. The van der Waals surface area contributed by atoms with Crippen molar-refractivity contribution in [2.45, 2.75) is 76.5 Å². The lowest BCUT2D eigenvalue weighted by atomic mass is 9.80. The Labute approximate surface area is 199 Å². The smallest absolute Gasteiger partial charge is 0.312 e. The van der Waals surface area contributed by atoms with E-state index in [4.69, 9.17) is 21.6 Å². The highest BCUT2D eigenvalue weighted by Gasteiger charge is 2.40. The summed E-state index contributed by atoms with van der Waals surface area (Å²) in [7, 11) is 1.34. The number of terminal acetylenes is 1. The number of methoxy groups -OCH3 is 1. The molecule has 0 amide bonds. The molecule has 2 aromatic heterocycles. The van der Waals surface area contributed by atoms with Crippen molar-refractivity contribution in [3.8, 4) is 12.3 Å². The predicted octanol–water partition coefficient (Wildman–Crippen LogP) is 2.86. The van der Waals surface area contributed by atoms with E-state index in [1.54, 1.807) is 0 Å². The Bertz CT molecular complexity index is 1010. The first-order valence-corrected chi connectivity index (χ1v) is 11.8. The molecule has 1 fully saturated rings. The number of nitrogens with zero attached hydrogens (tertiary/aromatic N) is 4. The van der Waals surface area contributed by atoms with Crippen molar-refractivity contribution in [1.29, 1.82) is 0 Å². The summed E-state index contributed by atoms with van der Waals surface area (Å²) in [5, 5.41) is 10.9. The lowest BCUT2D eigenvalue weighted by molar-refractivity contribution is -0.163. The number of hydrogen-bond donors (Lipinski definition) is 2. The monoisotopic (exact) mass is 475 g/mol. The highest BCUT2D eigenvalue weighted by molar-refractivity contribution is 5.81. The van der Waals surface area contributed by atoms with E-state index in [2.05, 4.69) is 27.8 Å².